The molecule has 1 saturated heterocycles. The molecule has 1 unspecified atom stereocenters. The maximum absolute atomic E-state index is 13.8. The molecule has 0 spiro atoms. The number of amides is 1. The number of rotatable bonds is 9. The lowest BCUT2D eigenvalue weighted by atomic mass is 10.1. The van der Waals surface area contributed by atoms with Gasteiger partial charge in [-0.3, -0.25) is 4.79 Å². The molecule has 7 nitrogen and oxygen atoms in total. The van der Waals surface area contributed by atoms with Crippen molar-refractivity contribution in [2.45, 2.75) is 30.4 Å². The normalized spacial score (nSPS) is 15.4. The number of carbonyl (C=O) groups excluding carboxylic acids is 1. The van der Waals surface area contributed by atoms with Crippen LogP contribution in [0.5, 0.6) is 11.5 Å². The van der Waals surface area contributed by atoms with Crippen LogP contribution in [-0.2, 0) is 21.4 Å². The molecule has 0 N–H and O–H groups in total. The zero-order valence-electron chi connectivity index (χ0n) is 19.8. The van der Waals surface area contributed by atoms with E-state index in [9.17, 15) is 17.6 Å². The number of ether oxygens (including phenoxy) is 2. The Bertz CT molecular complexity index is 1400. The van der Waals surface area contributed by atoms with Gasteiger partial charge < -0.3 is 18.6 Å². The minimum atomic E-state index is -4.28. The Hall–Kier alpha value is -2.85. The van der Waals surface area contributed by atoms with E-state index < -0.39 is 15.9 Å². The van der Waals surface area contributed by atoms with Crippen LogP contribution in [0.25, 0.3) is 0 Å². The van der Waals surface area contributed by atoms with Crippen molar-refractivity contribution < 1.29 is 31.3 Å². The number of halogens is 3. The Morgan fingerprint density at radius 3 is 2.57 bits per heavy atom. The lowest BCUT2D eigenvalue weighted by Crippen LogP contribution is -2.37. The lowest BCUT2D eigenvalue weighted by Gasteiger charge is -2.26. The predicted molar refractivity (Wildman–Crippen MR) is 137 cm³/mol. The van der Waals surface area contributed by atoms with E-state index in [2.05, 4.69) is 0 Å². The summed E-state index contributed by atoms with van der Waals surface area (Å²) in [5.74, 6) is -0.789. The number of methoxy groups -OCH3 is 1. The van der Waals surface area contributed by atoms with E-state index in [1.165, 1.54) is 49.6 Å². The first-order valence-corrected chi connectivity index (χ1v) is 13.6. The Morgan fingerprint density at radius 1 is 1.08 bits per heavy atom. The van der Waals surface area contributed by atoms with E-state index in [-0.39, 0.29) is 50.6 Å². The monoisotopic (exact) mass is 567 g/mol. The van der Waals surface area contributed by atoms with Crippen molar-refractivity contribution in [1.82, 2.24) is 4.90 Å². The van der Waals surface area contributed by atoms with Gasteiger partial charge in [0.1, 0.15) is 10.7 Å². The zero-order valence-corrected chi connectivity index (χ0v) is 22.2. The van der Waals surface area contributed by atoms with Gasteiger partial charge in [-0.1, -0.05) is 35.3 Å². The molecule has 4 rings (SSSR count). The van der Waals surface area contributed by atoms with Crippen molar-refractivity contribution in [3.63, 3.8) is 0 Å². The van der Waals surface area contributed by atoms with Crippen molar-refractivity contribution in [3.8, 4) is 11.5 Å². The molecule has 0 aromatic heterocycles. The molecule has 0 aliphatic carbocycles. The smallest absolute Gasteiger partial charge is 0.339 e. The Morgan fingerprint density at radius 2 is 1.89 bits per heavy atom. The molecule has 1 heterocycles. The van der Waals surface area contributed by atoms with Crippen LogP contribution in [0.4, 0.5) is 4.39 Å². The van der Waals surface area contributed by atoms with E-state index >= 15 is 0 Å². The van der Waals surface area contributed by atoms with Gasteiger partial charge in [0.2, 0.25) is 0 Å². The van der Waals surface area contributed by atoms with Gasteiger partial charge in [0.05, 0.1) is 23.3 Å². The number of hydrogen-bond donors (Lipinski definition) is 0. The minimum absolute atomic E-state index is 0.0627. The molecule has 196 valence electrons. The number of benzene rings is 3. The predicted octanol–water partition coefficient (Wildman–Crippen LogP) is 5.73. The highest BCUT2D eigenvalue weighted by molar-refractivity contribution is 7.87. The number of hydrogen-bond acceptors (Lipinski definition) is 6. The molecule has 0 radical (unpaired) electrons. The summed E-state index contributed by atoms with van der Waals surface area (Å²) in [7, 11) is -2.90. The number of nitrogens with zero attached hydrogens (tertiary/aromatic N) is 1. The fourth-order valence-corrected chi connectivity index (χ4v) is 5.28. The molecule has 1 aliphatic rings. The summed E-state index contributed by atoms with van der Waals surface area (Å²) < 4.78 is 56.0. The van der Waals surface area contributed by atoms with E-state index in [1.807, 2.05) is 0 Å². The molecule has 1 atom stereocenters. The molecule has 1 aliphatic heterocycles. The molecule has 37 heavy (non-hydrogen) atoms. The third-order valence-electron chi connectivity index (χ3n) is 5.79. The van der Waals surface area contributed by atoms with Gasteiger partial charge in [-0.25, -0.2) is 4.39 Å². The van der Waals surface area contributed by atoms with Crippen molar-refractivity contribution in [1.29, 1.82) is 0 Å². The molecule has 0 saturated carbocycles. The first-order valence-electron chi connectivity index (χ1n) is 11.4. The molecule has 0 bridgehead atoms. The zero-order chi connectivity index (χ0) is 26.6. The van der Waals surface area contributed by atoms with Crippen LogP contribution in [0.2, 0.25) is 10.0 Å². The van der Waals surface area contributed by atoms with Crippen LogP contribution in [0.15, 0.2) is 65.6 Å². The standard InChI is InChI=1S/C26H24Cl2FNO6S/c1-34-24-10-7-17(12-25(24)36-37(32,33)21-8-9-22(27)23(28)14-21)15-30(16-20-6-3-11-35-20)26(31)18-4-2-5-19(29)13-18/h2,4-5,7-10,12-14,20H,3,6,11,15-16H2,1H3. The second kappa shape index (κ2) is 11.7. The van der Waals surface area contributed by atoms with Gasteiger partial charge in [-0.15, -0.1) is 0 Å². The van der Waals surface area contributed by atoms with E-state index in [1.54, 1.807) is 23.1 Å². The lowest BCUT2D eigenvalue weighted by molar-refractivity contribution is 0.0507. The average Bonchev–Trinajstić information content (AvgIpc) is 3.38. The summed E-state index contributed by atoms with van der Waals surface area (Å²) in [5.41, 5.74) is 0.771. The summed E-state index contributed by atoms with van der Waals surface area (Å²) >= 11 is 11.9. The van der Waals surface area contributed by atoms with Gasteiger partial charge in [0.15, 0.2) is 11.5 Å². The highest BCUT2D eigenvalue weighted by atomic mass is 35.5. The molecule has 1 amide bonds. The molecule has 11 heteroatoms. The Kier molecular flexibility index (Phi) is 8.59. The fourth-order valence-electron chi connectivity index (χ4n) is 3.96. The molecular weight excluding hydrogens is 544 g/mol. The van der Waals surface area contributed by atoms with Crippen LogP contribution < -0.4 is 8.92 Å². The Labute approximate surface area is 224 Å². The van der Waals surface area contributed by atoms with Gasteiger partial charge in [-0.2, -0.15) is 8.42 Å². The summed E-state index contributed by atoms with van der Waals surface area (Å²) in [4.78, 5) is 14.7. The van der Waals surface area contributed by atoms with Crippen LogP contribution in [-0.4, -0.2) is 45.6 Å². The molecular formula is C26H24Cl2FNO6S. The molecule has 1 fully saturated rings. The largest absolute Gasteiger partial charge is 0.493 e. The minimum Gasteiger partial charge on any atom is -0.493 e. The summed E-state index contributed by atoms with van der Waals surface area (Å²) in [5, 5.41) is 0.266. The van der Waals surface area contributed by atoms with E-state index in [4.69, 9.17) is 36.9 Å². The number of carbonyl (C=O) groups is 1. The van der Waals surface area contributed by atoms with Gasteiger partial charge in [-0.05, 0) is 66.9 Å². The molecule has 3 aromatic carbocycles. The quantitative estimate of drug-likeness (QED) is 0.307. The third kappa shape index (κ3) is 6.73. The summed E-state index contributed by atoms with van der Waals surface area (Å²) in [6, 6.07) is 14.0. The highest BCUT2D eigenvalue weighted by Crippen LogP contribution is 2.33. The van der Waals surface area contributed by atoms with Crippen molar-refractivity contribution in [3.05, 3.63) is 87.7 Å². The maximum Gasteiger partial charge on any atom is 0.339 e. The van der Waals surface area contributed by atoms with Crippen molar-refractivity contribution >= 4 is 39.2 Å². The van der Waals surface area contributed by atoms with E-state index in [0.29, 0.717) is 18.7 Å². The maximum atomic E-state index is 13.8. The Balaban J connectivity index is 1.62. The van der Waals surface area contributed by atoms with Crippen LogP contribution >= 0.6 is 23.2 Å². The van der Waals surface area contributed by atoms with Crippen LogP contribution in [0.1, 0.15) is 28.8 Å². The first-order chi connectivity index (χ1) is 17.7. The molecule has 3 aromatic rings. The second-order valence-corrected chi connectivity index (χ2v) is 10.8. The second-order valence-electron chi connectivity index (χ2n) is 8.43. The fraction of sp³-hybridized carbons (Fsp3) is 0.269. The van der Waals surface area contributed by atoms with Crippen LogP contribution in [0, 0.1) is 5.82 Å². The summed E-state index contributed by atoms with van der Waals surface area (Å²) in [6.07, 6.45) is 1.53. The van der Waals surface area contributed by atoms with Gasteiger partial charge in [0.25, 0.3) is 5.91 Å². The van der Waals surface area contributed by atoms with Crippen LogP contribution in [0.3, 0.4) is 0 Å². The van der Waals surface area contributed by atoms with Crippen molar-refractivity contribution in [2.75, 3.05) is 20.3 Å². The SMILES string of the molecule is COc1ccc(CN(CC2CCCO2)C(=O)c2cccc(F)c2)cc1OS(=O)(=O)c1ccc(Cl)c(Cl)c1. The average molecular weight is 568 g/mol. The highest BCUT2D eigenvalue weighted by Gasteiger charge is 2.25. The summed E-state index contributed by atoms with van der Waals surface area (Å²) in [6.45, 7) is 1.00. The van der Waals surface area contributed by atoms with Gasteiger partial charge >= 0.3 is 10.1 Å². The first kappa shape index (κ1) is 27.2. The van der Waals surface area contributed by atoms with E-state index in [0.717, 1.165) is 12.8 Å². The van der Waals surface area contributed by atoms with Crippen molar-refractivity contribution in [2.24, 2.45) is 0 Å². The van der Waals surface area contributed by atoms with Gasteiger partial charge in [0, 0.05) is 25.3 Å². The topological polar surface area (TPSA) is 82.1 Å². The third-order valence-corrected chi connectivity index (χ3v) is 7.76.